The van der Waals surface area contributed by atoms with Crippen molar-refractivity contribution < 1.29 is 13.5 Å². The molecule has 1 aliphatic rings. The number of halogens is 2. The number of benzene rings is 1. The molecule has 2 heterocycles. The molecule has 1 aromatic heterocycles. The standard InChI is InChI=1S/C25H33F2N3O/c1-6-19(8-7-17(2)3)22-15-29(16-24(26)27)11-12-30(22)14-21-20-9-10-28-25(20)18(4)13-23(21)31-5/h6-10,13,22,24,28H,2,11-12,14-16H2,1,3-5H3/b8-7-,19-6?. The summed E-state index contributed by atoms with van der Waals surface area (Å²) in [5.74, 6) is 0.859. The Balaban J connectivity index is 1.96. The topological polar surface area (TPSA) is 31.5 Å². The van der Waals surface area contributed by atoms with Crippen molar-refractivity contribution in [3.8, 4) is 5.75 Å². The van der Waals surface area contributed by atoms with E-state index in [4.69, 9.17) is 4.74 Å². The summed E-state index contributed by atoms with van der Waals surface area (Å²) in [4.78, 5) is 7.56. The van der Waals surface area contributed by atoms with Gasteiger partial charge in [-0.2, -0.15) is 0 Å². The molecule has 0 radical (unpaired) electrons. The van der Waals surface area contributed by atoms with Crippen LogP contribution in [0.2, 0.25) is 0 Å². The number of hydrogen-bond donors (Lipinski definition) is 1. The fourth-order valence-electron chi connectivity index (χ4n) is 4.37. The number of fused-ring (bicyclic) bond motifs is 1. The van der Waals surface area contributed by atoms with Gasteiger partial charge in [-0.05, 0) is 44.0 Å². The van der Waals surface area contributed by atoms with Crippen LogP contribution in [-0.4, -0.2) is 60.5 Å². The monoisotopic (exact) mass is 429 g/mol. The van der Waals surface area contributed by atoms with Gasteiger partial charge in [0.2, 0.25) is 0 Å². The summed E-state index contributed by atoms with van der Waals surface area (Å²) in [6.07, 6.45) is 5.73. The fraction of sp³-hybridized carbons (Fsp3) is 0.440. The van der Waals surface area contributed by atoms with Crippen molar-refractivity contribution in [2.75, 3.05) is 33.3 Å². The molecular formula is C25H33F2N3O. The summed E-state index contributed by atoms with van der Waals surface area (Å²) in [6, 6.07) is 4.15. The molecule has 168 valence electrons. The van der Waals surface area contributed by atoms with E-state index in [0.717, 1.165) is 38.9 Å². The molecule has 1 fully saturated rings. The first-order chi connectivity index (χ1) is 14.8. The number of piperazine rings is 1. The average molecular weight is 430 g/mol. The molecule has 3 rings (SSSR count). The maximum absolute atomic E-state index is 13.1. The quantitative estimate of drug-likeness (QED) is 0.577. The molecule has 1 atom stereocenters. The van der Waals surface area contributed by atoms with Crippen LogP contribution in [0.25, 0.3) is 10.9 Å². The van der Waals surface area contributed by atoms with Crippen LogP contribution in [0.15, 0.2) is 54.3 Å². The van der Waals surface area contributed by atoms with Crippen LogP contribution >= 0.6 is 0 Å². The second-order valence-corrected chi connectivity index (χ2v) is 8.25. The zero-order valence-corrected chi connectivity index (χ0v) is 18.9. The largest absolute Gasteiger partial charge is 0.496 e. The summed E-state index contributed by atoms with van der Waals surface area (Å²) in [5, 5.41) is 1.14. The van der Waals surface area contributed by atoms with Crippen LogP contribution in [0.3, 0.4) is 0 Å². The lowest BCUT2D eigenvalue weighted by Gasteiger charge is -2.42. The molecule has 0 bridgehead atoms. The van der Waals surface area contributed by atoms with E-state index in [1.54, 1.807) is 7.11 Å². The van der Waals surface area contributed by atoms with Crippen molar-refractivity contribution in [3.05, 3.63) is 65.4 Å². The average Bonchev–Trinajstić information content (AvgIpc) is 3.21. The summed E-state index contributed by atoms with van der Waals surface area (Å²) in [5.41, 5.74) is 5.43. The minimum absolute atomic E-state index is 0.00750. The number of hydrogen-bond acceptors (Lipinski definition) is 3. The Hall–Kier alpha value is -2.44. The number of aromatic amines is 1. The molecule has 31 heavy (non-hydrogen) atoms. The first kappa shape index (κ1) is 23.2. The van der Waals surface area contributed by atoms with Crippen LogP contribution in [0.5, 0.6) is 5.75 Å². The highest BCUT2D eigenvalue weighted by molar-refractivity contribution is 5.88. The van der Waals surface area contributed by atoms with Gasteiger partial charge < -0.3 is 9.72 Å². The van der Waals surface area contributed by atoms with Gasteiger partial charge >= 0.3 is 0 Å². The molecule has 1 aromatic carbocycles. The Morgan fingerprint density at radius 2 is 2.13 bits per heavy atom. The highest BCUT2D eigenvalue weighted by atomic mass is 19.3. The third-order valence-corrected chi connectivity index (χ3v) is 5.94. The third-order valence-electron chi connectivity index (χ3n) is 5.94. The number of aryl methyl sites for hydroxylation is 1. The SMILES string of the molecule is C=C(C)/C=C\C(=CC)C1CN(CC(F)F)CCN1Cc1c(OC)cc(C)c2[nH]ccc12. The van der Waals surface area contributed by atoms with Gasteiger partial charge in [0.1, 0.15) is 5.75 Å². The van der Waals surface area contributed by atoms with Gasteiger partial charge in [0.25, 0.3) is 6.43 Å². The second kappa shape index (κ2) is 10.2. The summed E-state index contributed by atoms with van der Waals surface area (Å²) >= 11 is 0. The molecule has 2 aromatic rings. The van der Waals surface area contributed by atoms with E-state index >= 15 is 0 Å². The van der Waals surface area contributed by atoms with Crippen LogP contribution in [0.4, 0.5) is 8.78 Å². The molecule has 6 heteroatoms. The molecule has 1 saturated heterocycles. The van der Waals surface area contributed by atoms with Gasteiger partial charge in [-0.1, -0.05) is 30.4 Å². The number of nitrogens with zero attached hydrogens (tertiary/aromatic N) is 2. The number of methoxy groups -OCH3 is 1. The first-order valence-corrected chi connectivity index (χ1v) is 10.7. The van der Waals surface area contributed by atoms with Crippen LogP contribution < -0.4 is 4.74 Å². The van der Waals surface area contributed by atoms with Gasteiger partial charge in [-0.15, -0.1) is 0 Å². The van der Waals surface area contributed by atoms with E-state index in [9.17, 15) is 8.78 Å². The normalized spacial score (nSPS) is 19.1. The van der Waals surface area contributed by atoms with E-state index in [2.05, 4.69) is 47.7 Å². The number of H-pyrrole nitrogens is 1. The molecule has 0 amide bonds. The maximum atomic E-state index is 13.1. The minimum atomic E-state index is -2.33. The fourth-order valence-corrected chi connectivity index (χ4v) is 4.37. The number of aromatic nitrogens is 1. The zero-order valence-electron chi connectivity index (χ0n) is 18.9. The Morgan fingerprint density at radius 1 is 1.35 bits per heavy atom. The molecule has 0 aliphatic carbocycles. The van der Waals surface area contributed by atoms with Gasteiger partial charge in [0.15, 0.2) is 0 Å². The predicted molar refractivity (Wildman–Crippen MR) is 124 cm³/mol. The van der Waals surface area contributed by atoms with E-state index < -0.39 is 6.43 Å². The van der Waals surface area contributed by atoms with E-state index in [1.165, 1.54) is 0 Å². The Morgan fingerprint density at radius 3 is 2.77 bits per heavy atom. The van der Waals surface area contributed by atoms with Gasteiger partial charge in [0, 0.05) is 54.9 Å². The third kappa shape index (κ3) is 5.43. The summed E-state index contributed by atoms with van der Waals surface area (Å²) < 4.78 is 31.9. The van der Waals surface area contributed by atoms with Gasteiger partial charge in [-0.3, -0.25) is 9.80 Å². The molecular weight excluding hydrogens is 396 g/mol. The van der Waals surface area contributed by atoms with Crippen LogP contribution in [0.1, 0.15) is 25.0 Å². The lowest BCUT2D eigenvalue weighted by atomic mass is 9.98. The Bertz CT molecular complexity index is 977. The number of alkyl halides is 2. The van der Waals surface area contributed by atoms with Crippen molar-refractivity contribution in [1.29, 1.82) is 0 Å². The maximum Gasteiger partial charge on any atom is 0.251 e. The number of allylic oxidation sites excluding steroid dienone is 3. The van der Waals surface area contributed by atoms with Crippen molar-refractivity contribution in [2.45, 2.75) is 39.8 Å². The molecule has 0 spiro atoms. The molecule has 0 saturated carbocycles. The van der Waals surface area contributed by atoms with Crippen molar-refractivity contribution in [2.24, 2.45) is 0 Å². The number of rotatable bonds is 8. The highest BCUT2D eigenvalue weighted by Crippen LogP contribution is 2.33. The van der Waals surface area contributed by atoms with E-state index in [-0.39, 0.29) is 12.6 Å². The molecule has 1 unspecified atom stereocenters. The first-order valence-electron chi connectivity index (χ1n) is 10.7. The van der Waals surface area contributed by atoms with Crippen molar-refractivity contribution in [3.63, 3.8) is 0 Å². The Labute approximate surface area is 183 Å². The number of nitrogens with one attached hydrogen (secondary N) is 1. The molecule has 1 aliphatic heterocycles. The predicted octanol–water partition coefficient (Wildman–Crippen LogP) is 5.31. The summed E-state index contributed by atoms with van der Waals surface area (Å²) in [7, 11) is 1.70. The van der Waals surface area contributed by atoms with Crippen LogP contribution in [0, 0.1) is 6.92 Å². The lowest BCUT2D eigenvalue weighted by molar-refractivity contribution is 0.0358. The van der Waals surface area contributed by atoms with Crippen LogP contribution in [-0.2, 0) is 6.54 Å². The lowest BCUT2D eigenvalue weighted by Crippen LogP contribution is -2.54. The number of ether oxygens (including phenoxy) is 1. The van der Waals surface area contributed by atoms with E-state index in [0.29, 0.717) is 26.2 Å². The van der Waals surface area contributed by atoms with Crippen molar-refractivity contribution in [1.82, 2.24) is 14.8 Å². The van der Waals surface area contributed by atoms with E-state index in [1.807, 2.05) is 31.0 Å². The summed E-state index contributed by atoms with van der Waals surface area (Å²) in [6.45, 7) is 12.3. The highest BCUT2D eigenvalue weighted by Gasteiger charge is 2.31. The van der Waals surface area contributed by atoms with Gasteiger partial charge in [-0.25, -0.2) is 8.78 Å². The minimum Gasteiger partial charge on any atom is -0.496 e. The second-order valence-electron chi connectivity index (χ2n) is 8.25. The smallest absolute Gasteiger partial charge is 0.251 e. The Kier molecular flexibility index (Phi) is 7.68. The molecule has 1 N–H and O–H groups in total. The van der Waals surface area contributed by atoms with Gasteiger partial charge in [0.05, 0.1) is 13.7 Å². The van der Waals surface area contributed by atoms with Crippen molar-refractivity contribution >= 4 is 10.9 Å². The molecule has 4 nitrogen and oxygen atoms in total. The zero-order chi connectivity index (χ0) is 22.5.